The van der Waals surface area contributed by atoms with Crippen LogP contribution in [-0.2, 0) is 15.8 Å². The standard InChI is InChI=1S/C11H19N6O4P/c1-11(2,4-21-6-22(18,19)20)3-17-5-14-7-8(12)15-10(13)16-9(7)17/h5H,3-4,6H2,1-2H3,(H2,18,19,20)(H4,12,13,15,16). The summed E-state index contributed by atoms with van der Waals surface area (Å²) in [6.45, 7) is 4.41. The predicted molar refractivity (Wildman–Crippen MR) is 80.8 cm³/mol. The molecule has 2 aromatic heterocycles. The fraction of sp³-hybridized carbons (Fsp3) is 0.545. The molecule has 2 heterocycles. The quantitative estimate of drug-likeness (QED) is 0.540. The summed E-state index contributed by atoms with van der Waals surface area (Å²) in [5, 5.41) is 0. The summed E-state index contributed by atoms with van der Waals surface area (Å²) in [4.78, 5) is 29.7. The second-order valence-electron chi connectivity index (χ2n) is 5.82. The number of nitrogen functional groups attached to an aromatic ring is 2. The second-order valence-corrected chi connectivity index (χ2v) is 7.41. The van der Waals surface area contributed by atoms with Crippen molar-refractivity contribution in [3.63, 3.8) is 0 Å². The van der Waals surface area contributed by atoms with Crippen LogP contribution in [0.2, 0.25) is 0 Å². The molecule has 0 unspecified atom stereocenters. The molecule has 10 nitrogen and oxygen atoms in total. The van der Waals surface area contributed by atoms with E-state index in [4.69, 9.17) is 26.0 Å². The fourth-order valence-corrected chi connectivity index (χ4v) is 2.38. The lowest BCUT2D eigenvalue weighted by Gasteiger charge is -2.25. The van der Waals surface area contributed by atoms with Gasteiger partial charge in [-0.15, -0.1) is 0 Å². The number of nitrogens with zero attached hydrogens (tertiary/aromatic N) is 4. The minimum Gasteiger partial charge on any atom is -0.382 e. The molecule has 122 valence electrons. The molecule has 0 fully saturated rings. The van der Waals surface area contributed by atoms with E-state index in [0.29, 0.717) is 17.7 Å². The Morgan fingerprint density at radius 1 is 1.36 bits per heavy atom. The molecule has 0 amide bonds. The Morgan fingerprint density at radius 3 is 2.68 bits per heavy atom. The molecule has 11 heteroatoms. The van der Waals surface area contributed by atoms with Gasteiger partial charge in [0.25, 0.3) is 0 Å². The largest absolute Gasteiger partial charge is 0.382 e. The Hall–Kier alpha value is -1.74. The zero-order chi connectivity index (χ0) is 16.5. The molecule has 0 radical (unpaired) electrons. The molecule has 0 bridgehead atoms. The Morgan fingerprint density at radius 2 is 2.05 bits per heavy atom. The van der Waals surface area contributed by atoms with Gasteiger partial charge in [0.05, 0.1) is 12.9 Å². The molecule has 0 spiro atoms. The number of nitrogens with two attached hydrogens (primary N) is 2. The monoisotopic (exact) mass is 330 g/mol. The first-order valence-corrected chi connectivity index (χ1v) is 8.23. The first-order chi connectivity index (χ1) is 10.1. The van der Waals surface area contributed by atoms with Crippen molar-refractivity contribution in [1.82, 2.24) is 19.5 Å². The maximum absolute atomic E-state index is 10.8. The summed E-state index contributed by atoms with van der Waals surface area (Å²) < 4.78 is 17.6. The topological polar surface area (TPSA) is 162 Å². The zero-order valence-electron chi connectivity index (χ0n) is 12.3. The molecule has 0 saturated heterocycles. The highest BCUT2D eigenvalue weighted by atomic mass is 31.2. The smallest absolute Gasteiger partial charge is 0.350 e. The number of hydrogen-bond donors (Lipinski definition) is 4. The van der Waals surface area contributed by atoms with Gasteiger partial charge in [0.2, 0.25) is 5.95 Å². The van der Waals surface area contributed by atoms with Crippen molar-refractivity contribution in [2.24, 2.45) is 5.41 Å². The molecule has 0 aliphatic carbocycles. The van der Waals surface area contributed by atoms with Gasteiger partial charge in [0.15, 0.2) is 11.5 Å². The number of ether oxygens (including phenoxy) is 1. The molecule has 0 aliphatic rings. The maximum Gasteiger partial charge on any atom is 0.350 e. The normalized spacial score (nSPS) is 12.9. The first kappa shape index (κ1) is 16.6. The lowest BCUT2D eigenvalue weighted by molar-refractivity contribution is 0.0715. The summed E-state index contributed by atoms with van der Waals surface area (Å²) in [6, 6.07) is 0. The van der Waals surface area contributed by atoms with Crippen LogP contribution < -0.4 is 11.5 Å². The molecule has 0 aliphatic heterocycles. The van der Waals surface area contributed by atoms with Crippen LogP contribution in [0.1, 0.15) is 13.8 Å². The van der Waals surface area contributed by atoms with Crippen LogP contribution in [0.5, 0.6) is 0 Å². The Bertz CT molecular complexity index is 725. The van der Waals surface area contributed by atoms with Gasteiger partial charge in [-0.1, -0.05) is 13.8 Å². The Kier molecular flexibility index (Phi) is 4.39. The predicted octanol–water partition coefficient (Wildman–Crippen LogP) is 0.169. The van der Waals surface area contributed by atoms with E-state index in [1.807, 2.05) is 13.8 Å². The second kappa shape index (κ2) is 5.81. The van der Waals surface area contributed by atoms with Gasteiger partial charge in [-0.05, 0) is 0 Å². The van der Waals surface area contributed by atoms with Crippen LogP contribution in [0.4, 0.5) is 11.8 Å². The molecule has 0 saturated carbocycles. The number of imidazole rings is 1. The molecule has 0 aromatic carbocycles. The Balaban J connectivity index is 2.14. The lowest BCUT2D eigenvalue weighted by atomic mass is 9.95. The molecule has 22 heavy (non-hydrogen) atoms. The number of rotatable bonds is 6. The van der Waals surface area contributed by atoms with E-state index in [1.165, 1.54) is 0 Å². The van der Waals surface area contributed by atoms with Crippen LogP contribution >= 0.6 is 7.60 Å². The van der Waals surface area contributed by atoms with Crippen molar-refractivity contribution in [3.05, 3.63) is 6.33 Å². The minimum absolute atomic E-state index is 0.0577. The third kappa shape index (κ3) is 4.14. The van der Waals surface area contributed by atoms with Crippen molar-refractivity contribution in [1.29, 1.82) is 0 Å². The van der Waals surface area contributed by atoms with E-state index in [-0.39, 0.29) is 18.4 Å². The average molecular weight is 330 g/mol. The third-order valence-corrected chi connectivity index (χ3v) is 3.38. The summed E-state index contributed by atoms with van der Waals surface area (Å²) >= 11 is 0. The number of aromatic nitrogens is 4. The summed E-state index contributed by atoms with van der Waals surface area (Å²) in [7, 11) is -4.17. The highest BCUT2D eigenvalue weighted by Gasteiger charge is 2.23. The maximum atomic E-state index is 10.8. The van der Waals surface area contributed by atoms with Gasteiger partial charge in [-0.3, -0.25) is 4.57 Å². The molecule has 6 N–H and O–H groups in total. The van der Waals surface area contributed by atoms with Crippen molar-refractivity contribution in [2.45, 2.75) is 20.4 Å². The van der Waals surface area contributed by atoms with Crippen molar-refractivity contribution >= 4 is 30.5 Å². The van der Waals surface area contributed by atoms with Gasteiger partial charge >= 0.3 is 7.60 Å². The first-order valence-electron chi connectivity index (χ1n) is 6.43. The summed E-state index contributed by atoms with van der Waals surface area (Å²) in [5.74, 6) is 0.263. The van der Waals surface area contributed by atoms with Crippen LogP contribution in [-0.4, -0.2) is 42.3 Å². The van der Waals surface area contributed by atoms with Gasteiger partial charge in [0.1, 0.15) is 11.9 Å². The van der Waals surface area contributed by atoms with Gasteiger partial charge in [-0.2, -0.15) is 9.97 Å². The molecule has 2 aromatic rings. The minimum atomic E-state index is -4.17. The summed E-state index contributed by atoms with van der Waals surface area (Å²) in [5.41, 5.74) is 11.9. The van der Waals surface area contributed by atoms with Crippen molar-refractivity contribution in [3.8, 4) is 0 Å². The van der Waals surface area contributed by atoms with Crippen LogP contribution in [0.3, 0.4) is 0 Å². The van der Waals surface area contributed by atoms with E-state index in [0.717, 1.165) is 0 Å². The van der Waals surface area contributed by atoms with E-state index >= 15 is 0 Å². The van der Waals surface area contributed by atoms with Crippen molar-refractivity contribution < 1.29 is 19.1 Å². The average Bonchev–Trinajstić information content (AvgIpc) is 2.69. The number of anilines is 2. The number of hydrogen-bond acceptors (Lipinski definition) is 7. The van der Waals surface area contributed by atoms with Crippen molar-refractivity contribution in [2.75, 3.05) is 24.4 Å². The number of fused-ring (bicyclic) bond motifs is 1. The Labute approximate surface area is 126 Å². The summed E-state index contributed by atoms with van der Waals surface area (Å²) in [6.07, 6.45) is 0.961. The zero-order valence-corrected chi connectivity index (χ0v) is 13.2. The van der Waals surface area contributed by atoms with Gasteiger partial charge in [-0.25, -0.2) is 4.98 Å². The van der Waals surface area contributed by atoms with Crippen LogP contribution in [0, 0.1) is 5.41 Å². The SMILES string of the molecule is CC(C)(COCP(=O)(O)O)Cn1cnc2c(N)nc(N)nc21. The van der Waals surface area contributed by atoms with Gasteiger partial charge < -0.3 is 30.6 Å². The van der Waals surface area contributed by atoms with Crippen LogP contribution in [0.25, 0.3) is 11.2 Å². The fourth-order valence-electron chi connectivity index (χ4n) is 2.05. The van der Waals surface area contributed by atoms with E-state index in [9.17, 15) is 4.57 Å². The van der Waals surface area contributed by atoms with E-state index in [1.54, 1.807) is 10.9 Å². The lowest BCUT2D eigenvalue weighted by Crippen LogP contribution is -2.25. The molecular weight excluding hydrogens is 311 g/mol. The highest BCUT2D eigenvalue weighted by molar-refractivity contribution is 7.51. The molecular formula is C11H19N6O4P. The third-order valence-electron chi connectivity index (χ3n) is 2.86. The van der Waals surface area contributed by atoms with E-state index < -0.39 is 19.4 Å². The molecule has 2 rings (SSSR count). The molecule has 0 atom stereocenters. The highest BCUT2D eigenvalue weighted by Crippen LogP contribution is 2.35. The van der Waals surface area contributed by atoms with Gasteiger partial charge in [0, 0.05) is 12.0 Å². The van der Waals surface area contributed by atoms with E-state index in [2.05, 4.69) is 15.0 Å². The van der Waals surface area contributed by atoms with Crippen LogP contribution in [0.15, 0.2) is 6.33 Å².